The van der Waals surface area contributed by atoms with E-state index < -0.39 is 11.5 Å². The zero-order valence-corrected chi connectivity index (χ0v) is 9.06. The lowest BCUT2D eigenvalue weighted by atomic mass is 10.2. The molecule has 0 saturated heterocycles. The predicted octanol–water partition coefficient (Wildman–Crippen LogP) is 0.805. The Morgan fingerprint density at radius 2 is 2.29 bits per heavy atom. The number of nitrogens with one attached hydrogen (secondary N) is 1. The fourth-order valence-corrected chi connectivity index (χ4v) is 1.43. The SMILES string of the molecule is CCOC(=O)c1nc2c(O)cccc2[nH]c1=O. The van der Waals surface area contributed by atoms with Gasteiger partial charge in [-0.2, -0.15) is 0 Å². The van der Waals surface area contributed by atoms with Gasteiger partial charge >= 0.3 is 5.97 Å². The quantitative estimate of drug-likeness (QED) is 0.750. The topological polar surface area (TPSA) is 92.3 Å². The summed E-state index contributed by atoms with van der Waals surface area (Å²) in [6.07, 6.45) is 0. The Bertz CT molecular complexity index is 633. The number of hydrogen-bond donors (Lipinski definition) is 2. The molecule has 0 aliphatic heterocycles. The molecule has 0 atom stereocenters. The number of hydrogen-bond acceptors (Lipinski definition) is 5. The molecule has 6 heteroatoms. The van der Waals surface area contributed by atoms with Crippen molar-refractivity contribution < 1.29 is 14.6 Å². The molecule has 0 aliphatic rings. The third kappa shape index (κ3) is 1.96. The largest absolute Gasteiger partial charge is 0.506 e. The first-order chi connectivity index (χ1) is 8.13. The summed E-state index contributed by atoms with van der Waals surface area (Å²) in [6, 6.07) is 4.57. The first-order valence-electron chi connectivity index (χ1n) is 5.02. The van der Waals surface area contributed by atoms with Crippen LogP contribution in [-0.4, -0.2) is 27.7 Å². The van der Waals surface area contributed by atoms with Crippen LogP contribution in [0.2, 0.25) is 0 Å². The van der Waals surface area contributed by atoms with E-state index in [1.54, 1.807) is 19.1 Å². The van der Waals surface area contributed by atoms with E-state index in [0.717, 1.165) is 0 Å². The second kappa shape index (κ2) is 4.25. The van der Waals surface area contributed by atoms with Gasteiger partial charge in [0.25, 0.3) is 5.56 Å². The van der Waals surface area contributed by atoms with Gasteiger partial charge in [-0.3, -0.25) is 4.79 Å². The number of aromatic hydroxyl groups is 1. The van der Waals surface area contributed by atoms with Crippen LogP contribution in [-0.2, 0) is 4.74 Å². The summed E-state index contributed by atoms with van der Waals surface area (Å²) in [6.45, 7) is 1.78. The fourth-order valence-electron chi connectivity index (χ4n) is 1.43. The van der Waals surface area contributed by atoms with Gasteiger partial charge in [0.15, 0.2) is 0 Å². The summed E-state index contributed by atoms with van der Waals surface area (Å²) in [4.78, 5) is 29.3. The number of carbonyl (C=O) groups is 1. The molecule has 17 heavy (non-hydrogen) atoms. The minimum atomic E-state index is -0.807. The van der Waals surface area contributed by atoms with Gasteiger partial charge in [-0.15, -0.1) is 0 Å². The van der Waals surface area contributed by atoms with Crippen molar-refractivity contribution in [3.63, 3.8) is 0 Å². The molecule has 0 saturated carbocycles. The van der Waals surface area contributed by atoms with Gasteiger partial charge in [0, 0.05) is 0 Å². The molecular weight excluding hydrogens is 224 g/mol. The highest BCUT2D eigenvalue weighted by Gasteiger charge is 2.15. The molecule has 0 radical (unpaired) electrons. The number of rotatable bonds is 2. The molecule has 0 aliphatic carbocycles. The Balaban J connectivity index is 2.66. The third-order valence-electron chi connectivity index (χ3n) is 2.17. The standard InChI is InChI=1S/C11H10N2O4/c1-2-17-11(16)9-10(15)12-6-4-3-5-7(14)8(6)13-9/h3-5,14H,2H2,1H3,(H,12,15). The molecule has 0 spiro atoms. The van der Waals surface area contributed by atoms with Crippen LogP contribution in [0.4, 0.5) is 0 Å². The first-order valence-corrected chi connectivity index (χ1v) is 5.02. The van der Waals surface area contributed by atoms with E-state index in [1.165, 1.54) is 6.07 Å². The average molecular weight is 234 g/mol. The number of nitrogens with zero attached hydrogens (tertiary/aromatic N) is 1. The van der Waals surface area contributed by atoms with Gasteiger partial charge in [0.2, 0.25) is 5.69 Å². The van der Waals surface area contributed by atoms with E-state index in [-0.39, 0.29) is 23.6 Å². The van der Waals surface area contributed by atoms with Crippen molar-refractivity contribution in [3.8, 4) is 5.75 Å². The van der Waals surface area contributed by atoms with Crippen molar-refractivity contribution in [2.75, 3.05) is 6.61 Å². The number of benzene rings is 1. The number of fused-ring (bicyclic) bond motifs is 1. The van der Waals surface area contributed by atoms with E-state index >= 15 is 0 Å². The summed E-state index contributed by atoms with van der Waals surface area (Å²) in [5.41, 5.74) is -0.472. The van der Waals surface area contributed by atoms with Crippen molar-refractivity contribution >= 4 is 17.0 Å². The zero-order valence-electron chi connectivity index (χ0n) is 9.06. The maximum absolute atomic E-state index is 11.6. The molecule has 1 aromatic carbocycles. The highest BCUT2D eigenvalue weighted by atomic mass is 16.5. The molecule has 1 aromatic heterocycles. The highest BCUT2D eigenvalue weighted by molar-refractivity contribution is 5.90. The summed E-state index contributed by atoms with van der Waals surface area (Å²) in [5, 5.41) is 9.56. The van der Waals surface area contributed by atoms with Crippen LogP contribution in [0.25, 0.3) is 11.0 Å². The monoisotopic (exact) mass is 234 g/mol. The molecule has 2 aromatic rings. The fraction of sp³-hybridized carbons (Fsp3) is 0.182. The molecule has 6 nitrogen and oxygen atoms in total. The van der Waals surface area contributed by atoms with E-state index in [9.17, 15) is 14.7 Å². The van der Waals surface area contributed by atoms with Crippen LogP contribution >= 0.6 is 0 Å². The van der Waals surface area contributed by atoms with Crippen LogP contribution < -0.4 is 5.56 Å². The highest BCUT2D eigenvalue weighted by Crippen LogP contribution is 2.19. The molecule has 1 heterocycles. The van der Waals surface area contributed by atoms with E-state index in [2.05, 4.69) is 9.97 Å². The number of esters is 1. The van der Waals surface area contributed by atoms with Gasteiger partial charge in [0.05, 0.1) is 12.1 Å². The van der Waals surface area contributed by atoms with Crippen molar-refractivity contribution in [3.05, 3.63) is 34.2 Å². The number of aromatic amines is 1. The predicted molar refractivity (Wildman–Crippen MR) is 60.0 cm³/mol. The van der Waals surface area contributed by atoms with Gasteiger partial charge < -0.3 is 14.8 Å². The van der Waals surface area contributed by atoms with Crippen LogP contribution in [0.5, 0.6) is 5.75 Å². The van der Waals surface area contributed by atoms with Gasteiger partial charge in [-0.25, -0.2) is 9.78 Å². The first kappa shape index (κ1) is 11.1. The number of para-hydroxylation sites is 1. The van der Waals surface area contributed by atoms with Crippen LogP contribution in [0, 0.1) is 0 Å². The Labute approximate surface area is 95.9 Å². The molecule has 0 fully saturated rings. The average Bonchev–Trinajstić information content (AvgIpc) is 2.29. The lowest BCUT2D eigenvalue weighted by Crippen LogP contribution is -2.22. The van der Waals surface area contributed by atoms with E-state index in [0.29, 0.717) is 5.52 Å². The maximum Gasteiger partial charge on any atom is 0.362 e. The lowest BCUT2D eigenvalue weighted by Gasteiger charge is -2.03. The number of aromatic nitrogens is 2. The minimum absolute atomic E-state index is 0.107. The van der Waals surface area contributed by atoms with Gasteiger partial charge in [-0.1, -0.05) is 6.07 Å². The summed E-state index contributed by atoms with van der Waals surface area (Å²) < 4.78 is 4.69. The molecule has 0 bridgehead atoms. The van der Waals surface area contributed by atoms with Crippen molar-refractivity contribution in [2.45, 2.75) is 6.92 Å². The van der Waals surface area contributed by atoms with Crippen molar-refractivity contribution in [1.82, 2.24) is 9.97 Å². The van der Waals surface area contributed by atoms with Crippen molar-refractivity contribution in [2.24, 2.45) is 0 Å². The summed E-state index contributed by atoms with van der Waals surface area (Å²) in [7, 11) is 0. The second-order valence-corrected chi connectivity index (χ2v) is 3.31. The molecule has 0 unspecified atom stereocenters. The number of ether oxygens (including phenoxy) is 1. The van der Waals surface area contributed by atoms with Crippen LogP contribution in [0.15, 0.2) is 23.0 Å². The molecular formula is C11H10N2O4. The Hall–Kier alpha value is -2.37. The summed E-state index contributed by atoms with van der Waals surface area (Å²) >= 11 is 0. The Morgan fingerprint density at radius 1 is 1.53 bits per heavy atom. The molecule has 88 valence electrons. The lowest BCUT2D eigenvalue weighted by molar-refractivity contribution is 0.0517. The van der Waals surface area contributed by atoms with Gasteiger partial charge in [0.1, 0.15) is 11.3 Å². The van der Waals surface area contributed by atoms with Crippen LogP contribution in [0.1, 0.15) is 17.4 Å². The number of phenolic OH excluding ortho intramolecular Hbond substituents is 1. The minimum Gasteiger partial charge on any atom is -0.506 e. The molecule has 2 N–H and O–H groups in total. The second-order valence-electron chi connectivity index (χ2n) is 3.31. The van der Waals surface area contributed by atoms with Crippen LogP contribution in [0.3, 0.4) is 0 Å². The zero-order chi connectivity index (χ0) is 12.4. The molecule has 2 rings (SSSR count). The Kier molecular flexibility index (Phi) is 2.78. The molecule has 0 amide bonds. The number of H-pyrrole nitrogens is 1. The van der Waals surface area contributed by atoms with Crippen molar-refractivity contribution in [1.29, 1.82) is 0 Å². The normalized spacial score (nSPS) is 10.4. The van der Waals surface area contributed by atoms with Gasteiger partial charge in [-0.05, 0) is 19.1 Å². The number of phenols is 1. The number of carbonyl (C=O) groups excluding carboxylic acids is 1. The maximum atomic E-state index is 11.6. The van der Waals surface area contributed by atoms with E-state index in [4.69, 9.17) is 4.74 Å². The van der Waals surface area contributed by atoms with E-state index in [1.807, 2.05) is 0 Å². The summed E-state index contributed by atoms with van der Waals surface area (Å²) in [5.74, 6) is -0.914. The third-order valence-corrected chi connectivity index (χ3v) is 2.17. The smallest absolute Gasteiger partial charge is 0.362 e. The Morgan fingerprint density at radius 3 is 3.00 bits per heavy atom.